The van der Waals surface area contributed by atoms with Gasteiger partial charge in [0.25, 0.3) is 0 Å². The number of hydrogen-bond donors (Lipinski definition) is 2. The van der Waals surface area contributed by atoms with E-state index in [9.17, 15) is 0 Å². The Labute approximate surface area is 145 Å². The van der Waals surface area contributed by atoms with Gasteiger partial charge in [-0.2, -0.15) is 15.0 Å². The molecule has 7 nitrogen and oxygen atoms in total. The first-order valence-electron chi connectivity index (χ1n) is 8.05. The van der Waals surface area contributed by atoms with Crippen LogP contribution in [0.3, 0.4) is 0 Å². The minimum absolute atomic E-state index is 0.150. The van der Waals surface area contributed by atoms with Gasteiger partial charge in [0.05, 0.1) is 18.8 Å². The van der Waals surface area contributed by atoms with E-state index in [0.717, 1.165) is 11.3 Å². The molecular formula is C18H18N6O. The van der Waals surface area contributed by atoms with Crippen molar-refractivity contribution in [2.45, 2.75) is 12.5 Å². The molecule has 0 radical (unpaired) electrons. The smallest absolute Gasteiger partial charge is 0.232 e. The number of nitrogens with zero attached hydrogens (tertiary/aromatic N) is 4. The van der Waals surface area contributed by atoms with Crippen molar-refractivity contribution >= 4 is 17.6 Å². The Balaban J connectivity index is 1.69. The number of nitrogens with one attached hydrogen (secondary N) is 2. The summed E-state index contributed by atoms with van der Waals surface area (Å²) >= 11 is 0. The largest absolute Gasteiger partial charge is 0.376 e. The van der Waals surface area contributed by atoms with E-state index in [0.29, 0.717) is 30.9 Å². The van der Waals surface area contributed by atoms with E-state index in [2.05, 4.69) is 37.5 Å². The molecule has 0 aliphatic carbocycles. The highest BCUT2D eigenvalue weighted by molar-refractivity contribution is 5.60. The molecule has 7 heteroatoms. The Morgan fingerprint density at radius 1 is 0.920 bits per heavy atom. The first kappa shape index (κ1) is 15.5. The minimum Gasteiger partial charge on any atom is -0.376 e. The zero-order valence-electron chi connectivity index (χ0n) is 13.8. The molecule has 0 saturated carbocycles. The first-order valence-corrected chi connectivity index (χ1v) is 8.05. The van der Waals surface area contributed by atoms with E-state index in [1.165, 1.54) is 0 Å². The third-order valence-electron chi connectivity index (χ3n) is 3.86. The summed E-state index contributed by atoms with van der Waals surface area (Å²) < 4.78 is 5.29. The molecule has 126 valence electrons. The third kappa shape index (κ3) is 3.56. The second-order valence-electron chi connectivity index (χ2n) is 6.21. The number of anilines is 3. The normalized spacial score (nSPS) is 15.2. The summed E-state index contributed by atoms with van der Waals surface area (Å²) in [5.74, 6) is 1.61. The molecule has 4 rings (SSSR count). The maximum atomic E-state index is 5.29. The Kier molecular flexibility index (Phi) is 3.99. The zero-order valence-corrected chi connectivity index (χ0v) is 13.8. The van der Waals surface area contributed by atoms with Gasteiger partial charge in [-0.15, -0.1) is 0 Å². The molecule has 1 aliphatic rings. The van der Waals surface area contributed by atoms with Crippen molar-refractivity contribution in [3.05, 3.63) is 54.9 Å². The van der Waals surface area contributed by atoms with Crippen molar-refractivity contribution in [3.8, 4) is 11.4 Å². The van der Waals surface area contributed by atoms with Crippen molar-refractivity contribution < 1.29 is 4.74 Å². The van der Waals surface area contributed by atoms with Crippen molar-refractivity contribution in [2.24, 2.45) is 0 Å². The molecule has 1 aromatic carbocycles. The highest BCUT2D eigenvalue weighted by atomic mass is 16.5. The molecule has 3 aromatic rings. The molecule has 1 aliphatic heterocycles. The second kappa shape index (κ2) is 6.45. The van der Waals surface area contributed by atoms with Gasteiger partial charge in [0.15, 0.2) is 5.82 Å². The van der Waals surface area contributed by atoms with E-state index in [1.807, 2.05) is 42.5 Å². The Morgan fingerprint density at radius 2 is 1.64 bits per heavy atom. The minimum atomic E-state index is -0.150. The van der Waals surface area contributed by atoms with Gasteiger partial charge in [-0.3, -0.25) is 4.98 Å². The lowest BCUT2D eigenvalue weighted by atomic mass is 10.0. The topological polar surface area (TPSA) is 84.9 Å². The van der Waals surface area contributed by atoms with E-state index in [4.69, 9.17) is 4.74 Å². The van der Waals surface area contributed by atoms with Gasteiger partial charge in [-0.05, 0) is 19.1 Å². The summed E-state index contributed by atoms with van der Waals surface area (Å²) in [5.41, 5.74) is 1.65. The number of rotatable bonds is 5. The lowest BCUT2D eigenvalue weighted by molar-refractivity contribution is -0.0322. The van der Waals surface area contributed by atoms with Gasteiger partial charge in [-0.25, -0.2) is 0 Å². The fraction of sp³-hybridized carbons (Fsp3) is 0.222. The number of pyridine rings is 1. The highest BCUT2D eigenvalue weighted by Gasteiger charge is 2.34. The van der Waals surface area contributed by atoms with Gasteiger partial charge >= 0.3 is 0 Å². The molecule has 0 atom stereocenters. The fourth-order valence-electron chi connectivity index (χ4n) is 2.52. The summed E-state index contributed by atoms with van der Waals surface area (Å²) in [4.78, 5) is 17.6. The van der Waals surface area contributed by atoms with E-state index >= 15 is 0 Å². The summed E-state index contributed by atoms with van der Waals surface area (Å²) in [5, 5.41) is 6.55. The van der Waals surface area contributed by atoms with Crippen molar-refractivity contribution in [1.29, 1.82) is 0 Å². The fourth-order valence-corrected chi connectivity index (χ4v) is 2.52. The molecule has 0 bridgehead atoms. The van der Waals surface area contributed by atoms with Crippen LogP contribution < -0.4 is 10.6 Å². The average Bonchev–Trinajstić information content (AvgIpc) is 2.62. The Hall–Kier alpha value is -3.06. The predicted octanol–water partition coefficient (Wildman–Crippen LogP) is 2.88. The predicted molar refractivity (Wildman–Crippen MR) is 95.6 cm³/mol. The van der Waals surface area contributed by atoms with Crippen LogP contribution in [0.1, 0.15) is 6.92 Å². The van der Waals surface area contributed by atoms with Crippen LogP contribution in [0.5, 0.6) is 0 Å². The quantitative estimate of drug-likeness (QED) is 0.742. The van der Waals surface area contributed by atoms with Gasteiger partial charge < -0.3 is 15.4 Å². The maximum absolute atomic E-state index is 5.29. The molecule has 0 spiro atoms. The summed E-state index contributed by atoms with van der Waals surface area (Å²) in [6.07, 6.45) is 3.43. The molecule has 2 N–H and O–H groups in total. The number of hydrogen-bond acceptors (Lipinski definition) is 7. The van der Waals surface area contributed by atoms with Crippen LogP contribution in [-0.4, -0.2) is 38.7 Å². The van der Waals surface area contributed by atoms with Crippen LogP contribution in [-0.2, 0) is 4.74 Å². The molecule has 25 heavy (non-hydrogen) atoms. The number of benzene rings is 1. The first-order chi connectivity index (χ1) is 12.2. The zero-order chi connectivity index (χ0) is 17.1. The SMILES string of the molecule is CC1(Nc2nc(Nc3ccncc3)nc(-c3ccccc3)n2)COC1. The van der Waals surface area contributed by atoms with Gasteiger partial charge in [0.1, 0.15) is 0 Å². The van der Waals surface area contributed by atoms with Gasteiger partial charge in [-0.1, -0.05) is 30.3 Å². The molecule has 0 amide bonds. The van der Waals surface area contributed by atoms with Crippen molar-refractivity contribution in [1.82, 2.24) is 19.9 Å². The van der Waals surface area contributed by atoms with Crippen LogP contribution in [0, 0.1) is 0 Å². The molecule has 1 fully saturated rings. The van der Waals surface area contributed by atoms with Crippen LogP contribution in [0.15, 0.2) is 54.9 Å². The van der Waals surface area contributed by atoms with E-state index in [-0.39, 0.29) is 5.54 Å². The number of aromatic nitrogens is 4. The van der Waals surface area contributed by atoms with Crippen molar-refractivity contribution in [2.75, 3.05) is 23.8 Å². The molecule has 2 aromatic heterocycles. The molecule has 3 heterocycles. The molecule has 1 saturated heterocycles. The van der Waals surface area contributed by atoms with Crippen LogP contribution >= 0.6 is 0 Å². The van der Waals surface area contributed by atoms with E-state index in [1.54, 1.807) is 12.4 Å². The van der Waals surface area contributed by atoms with Gasteiger partial charge in [0, 0.05) is 23.6 Å². The monoisotopic (exact) mass is 334 g/mol. The third-order valence-corrected chi connectivity index (χ3v) is 3.86. The Bertz CT molecular complexity index is 852. The Morgan fingerprint density at radius 3 is 2.32 bits per heavy atom. The lowest BCUT2D eigenvalue weighted by Crippen LogP contribution is -2.53. The summed E-state index contributed by atoms with van der Waals surface area (Å²) in [6, 6.07) is 13.6. The molecular weight excluding hydrogens is 316 g/mol. The lowest BCUT2D eigenvalue weighted by Gasteiger charge is -2.38. The van der Waals surface area contributed by atoms with E-state index < -0.39 is 0 Å². The molecule has 0 unspecified atom stereocenters. The maximum Gasteiger partial charge on any atom is 0.232 e. The highest BCUT2D eigenvalue weighted by Crippen LogP contribution is 2.24. The standard InChI is InChI=1S/C18H18N6O/c1-18(11-25-12-18)24-17-22-15(13-5-3-2-4-6-13)21-16(23-17)20-14-7-9-19-10-8-14/h2-10H,11-12H2,1H3,(H2,19,20,21,22,23,24). The van der Waals surface area contributed by atoms with Gasteiger partial charge in [0.2, 0.25) is 11.9 Å². The summed E-state index contributed by atoms with van der Waals surface area (Å²) in [6.45, 7) is 3.34. The van der Waals surface area contributed by atoms with Crippen LogP contribution in [0.2, 0.25) is 0 Å². The van der Waals surface area contributed by atoms with Crippen LogP contribution in [0.25, 0.3) is 11.4 Å². The average molecular weight is 334 g/mol. The number of ether oxygens (including phenoxy) is 1. The summed E-state index contributed by atoms with van der Waals surface area (Å²) in [7, 11) is 0. The van der Waals surface area contributed by atoms with Crippen LogP contribution in [0.4, 0.5) is 17.6 Å². The second-order valence-corrected chi connectivity index (χ2v) is 6.21. The van der Waals surface area contributed by atoms with Crippen molar-refractivity contribution in [3.63, 3.8) is 0 Å².